The number of Topliss-reactive ketones (excluding diaryl/α,β-unsaturated/α-hetero) is 1. The molecule has 0 aliphatic carbocycles. The summed E-state index contributed by atoms with van der Waals surface area (Å²) in [7, 11) is 1.12. The third-order valence-electron chi connectivity index (χ3n) is 2.24. The van der Waals surface area contributed by atoms with Gasteiger partial charge in [0.1, 0.15) is 5.58 Å². The van der Waals surface area contributed by atoms with Gasteiger partial charge in [0.15, 0.2) is 5.76 Å². The molecule has 84 valence electrons. The average molecular weight is 229 g/mol. The number of methoxy groups -OCH3 is 1. The van der Waals surface area contributed by atoms with E-state index in [1.807, 2.05) is 6.07 Å². The van der Waals surface area contributed by atoms with Crippen molar-refractivity contribution < 1.29 is 18.7 Å². The molecule has 0 aliphatic heterocycles. The van der Waals surface area contributed by atoms with Crippen LogP contribution in [0.5, 0.6) is 0 Å². The van der Waals surface area contributed by atoms with Crippen molar-refractivity contribution in [3.63, 3.8) is 0 Å². The fourth-order valence-corrected chi connectivity index (χ4v) is 1.42. The van der Waals surface area contributed by atoms with Crippen molar-refractivity contribution in [1.82, 2.24) is 0 Å². The molecule has 0 atom stereocenters. The van der Waals surface area contributed by atoms with Gasteiger partial charge in [0, 0.05) is 5.39 Å². The summed E-state index contributed by atoms with van der Waals surface area (Å²) < 4.78 is 9.50. The Labute approximate surface area is 96.2 Å². The topological polar surface area (TPSA) is 80.3 Å². The van der Waals surface area contributed by atoms with Gasteiger partial charge in [-0.3, -0.25) is 4.79 Å². The number of rotatable bonds is 2. The van der Waals surface area contributed by atoms with Crippen LogP contribution < -0.4 is 0 Å². The second-order valence-electron chi connectivity index (χ2n) is 3.30. The molecule has 0 N–H and O–H groups in total. The van der Waals surface area contributed by atoms with E-state index in [4.69, 9.17) is 9.68 Å². The number of nitrogens with zero attached hydrogens (tertiary/aromatic N) is 1. The Kier molecular flexibility index (Phi) is 2.63. The lowest BCUT2D eigenvalue weighted by atomic mass is 10.2. The van der Waals surface area contributed by atoms with E-state index in [0.29, 0.717) is 16.5 Å². The van der Waals surface area contributed by atoms with E-state index in [1.54, 1.807) is 18.2 Å². The van der Waals surface area contributed by atoms with Crippen LogP contribution in [-0.2, 0) is 9.53 Å². The molecule has 0 aliphatic rings. The minimum atomic E-state index is -0.982. The minimum absolute atomic E-state index is 0.0954. The van der Waals surface area contributed by atoms with Gasteiger partial charge in [0.2, 0.25) is 0 Å². The Balaban J connectivity index is 2.49. The number of furan rings is 1. The lowest BCUT2D eigenvalue weighted by Crippen LogP contribution is -2.14. The molecule has 5 nitrogen and oxygen atoms in total. The number of carbonyl (C=O) groups is 2. The van der Waals surface area contributed by atoms with Crippen molar-refractivity contribution in [1.29, 1.82) is 5.26 Å². The van der Waals surface area contributed by atoms with Crippen molar-refractivity contribution in [2.45, 2.75) is 0 Å². The minimum Gasteiger partial charge on any atom is -0.463 e. The molecule has 1 aromatic heterocycles. The van der Waals surface area contributed by atoms with E-state index in [0.717, 1.165) is 7.11 Å². The van der Waals surface area contributed by atoms with Crippen molar-refractivity contribution >= 4 is 22.7 Å². The second kappa shape index (κ2) is 4.10. The van der Waals surface area contributed by atoms with Crippen molar-refractivity contribution in [3.8, 4) is 6.07 Å². The normalized spacial score (nSPS) is 9.88. The van der Waals surface area contributed by atoms with Crippen LogP contribution in [0.1, 0.15) is 16.1 Å². The first-order valence-corrected chi connectivity index (χ1v) is 4.72. The molecule has 2 aromatic rings. The van der Waals surface area contributed by atoms with Crippen molar-refractivity contribution in [3.05, 3.63) is 35.6 Å². The highest BCUT2D eigenvalue weighted by Gasteiger charge is 2.21. The summed E-state index contributed by atoms with van der Waals surface area (Å²) in [6, 6.07) is 8.10. The number of fused-ring (bicyclic) bond motifs is 1. The van der Waals surface area contributed by atoms with Crippen LogP contribution in [0.2, 0.25) is 0 Å². The highest BCUT2D eigenvalue weighted by Crippen LogP contribution is 2.21. The van der Waals surface area contributed by atoms with Crippen molar-refractivity contribution in [2.24, 2.45) is 0 Å². The van der Waals surface area contributed by atoms with E-state index in [1.165, 1.54) is 6.07 Å². The summed E-state index contributed by atoms with van der Waals surface area (Å²) in [6.45, 7) is 0. The first-order chi connectivity index (χ1) is 8.15. The van der Waals surface area contributed by atoms with Crippen LogP contribution in [0.4, 0.5) is 0 Å². The molecular weight excluding hydrogens is 222 g/mol. The maximum absolute atomic E-state index is 11.5. The van der Waals surface area contributed by atoms with Gasteiger partial charge < -0.3 is 9.15 Å². The molecule has 2 rings (SSSR count). The molecule has 0 saturated heterocycles. The zero-order chi connectivity index (χ0) is 12.4. The molecule has 0 amide bonds. The molecule has 17 heavy (non-hydrogen) atoms. The van der Waals surface area contributed by atoms with E-state index >= 15 is 0 Å². The first-order valence-electron chi connectivity index (χ1n) is 4.72. The number of ketones is 1. The maximum atomic E-state index is 11.5. The summed E-state index contributed by atoms with van der Waals surface area (Å²) in [4.78, 5) is 22.5. The smallest absolute Gasteiger partial charge is 0.382 e. The molecule has 0 fully saturated rings. The van der Waals surface area contributed by atoms with Crippen LogP contribution in [0.3, 0.4) is 0 Å². The lowest BCUT2D eigenvalue weighted by molar-refractivity contribution is -0.135. The van der Waals surface area contributed by atoms with Crippen LogP contribution in [-0.4, -0.2) is 18.9 Å². The third-order valence-corrected chi connectivity index (χ3v) is 2.24. The predicted molar refractivity (Wildman–Crippen MR) is 57.3 cm³/mol. The van der Waals surface area contributed by atoms with Crippen LogP contribution in [0, 0.1) is 11.3 Å². The highest BCUT2D eigenvalue weighted by atomic mass is 16.5. The lowest BCUT2D eigenvalue weighted by Gasteiger charge is -1.92. The summed E-state index contributed by atoms with van der Waals surface area (Å²) >= 11 is 0. The van der Waals surface area contributed by atoms with Crippen LogP contribution in [0.25, 0.3) is 11.0 Å². The molecule has 0 spiro atoms. The molecule has 0 unspecified atom stereocenters. The van der Waals surface area contributed by atoms with Gasteiger partial charge in [-0.15, -0.1) is 0 Å². The zero-order valence-electron chi connectivity index (χ0n) is 8.89. The van der Waals surface area contributed by atoms with Gasteiger partial charge in [-0.25, -0.2) is 4.79 Å². The molecule has 5 heteroatoms. The summed E-state index contributed by atoms with van der Waals surface area (Å²) in [5.74, 6) is -1.92. The largest absolute Gasteiger partial charge is 0.463 e. The molecule has 0 saturated carbocycles. The van der Waals surface area contributed by atoms with Crippen LogP contribution in [0.15, 0.2) is 28.7 Å². The van der Waals surface area contributed by atoms with E-state index < -0.39 is 11.8 Å². The molecule has 1 heterocycles. The number of ether oxygens (including phenoxy) is 1. The second-order valence-corrected chi connectivity index (χ2v) is 3.30. The fraction of sp³-hybridized carbons (Fsp3) is 0.0833. The number of carbonyl (C=O) groups excluding carboxylic acids is 2. The number of hydrogen-bond acceptors (Lipinski definition) is 5. The molecule has 1 aromatic carbocycles. The standard InChI is InChI=1S/C12H7NO4/c1-16-12(15)11(14)10-5-8-4-7(6-13)2-3-9(8)17-10/h2-5H,1H3. The summed E-state index contributed by atoms with van der Waals surface area (Å²) in [5.41, 5.74) is 0.895. The van der Waals surface area contributed by atoms with Gasteiger partial charge in [0.05, 0.1) is 18.7 Å². The van der Waals surface area contributed by atoms with E-state index in [-0.39, 0.29) is 5.76 Å². The Hall–Kier alpha value is -2.61. The zero-order valence-corrected chi connectivity index (χ0v) is 8.89. The Morgan fingerprint density at radius 3 is 2.76 bits per heavy atom. The molecular formula is C12H7NO4. The SMILES string of the molecule is COC(=O)C(=O)c1cc2cc(C#N)ccc2o1. The number of benzene rings is 1. The monoisotopic (exact) mass is 229 g/mol. The highest BCUT2D eigenvalue weighted by molar-refractivity contribution is 6.40. The molecule has 0 bridgehead atoms. The Morgan fingerprint density at radius 1 is 1.35 bits per heavy atom. The number of hydrogen-bond donors (Lipinski definition) is 0. The quantitative estimate of drug-likeness (QED) is 0.444. The summed E-state index contributed by atoms with van der Waals surface area (Å²) in [6.07, 6.45) is 0. The fourth-order valence-electron chi connectivity index (χ4n) is 1.42. The van der Waals surface area contributed by atoms with Crippen molar-refractivity contribution in [2.75, 3.05) is 7.11 Å². The first kappa shape index (κ1) is 10.9. The number of esters is 1. The Bertz CT molecular complexity index is 648. The van der Waals surface area contributed by atoms with Gasteiger partial charge >= 0.3 is 11.8 Å². The Morgan fingerprint density at radius 2 is 2.12 bits per heavy atom. The van der Waals surface area contributed by atoms with E-state index in [2.05, 4.69) is 4.74 Å². The van der Waals surface area contributed by atoms with Gasteiger partial charge in [-0.1, -0.05) is 0 Å². The van der Waals surface area contributed by atoms with Gasteiger partial charge in [-0.2, -0.15) is 5.26 Å². The molecule has 0 radical (unpaired) electrons. The predicted octanol–water partition coefficient (Wildman–Crippen LogP) is 1.66. The van der Waals surface area contributed by atoms with Crippen LogP contribution >= 0.6 is 0 Å². The maximum Gasteiger partial charge on any atom is 0.382 e. The van der Waals surface area contributed by atoms with Gasteiger partial charge in [-0.05, 0) is 24.3 Å². The average Bonchev–Trinajstić information content (AvgIpc) is 2.79. The van der Waals surface area contributed by atoms with E-state index in [9.17, 15) is 9.59 Å². The summed E-state index contributed by atoms with van der Waals surface area (Å²) in [5, 5.41) is 9.31. The van der Waals surface area contributed by atoms with Gasteiger partial charge in [0.25, 0.3) is 0 Å². The number of nitriles is 1. The third kappa shape index (κ3) is 1.88.